The largest absolute Gasteiger partial charge is 0.457 e. The average molecular weight is 362 g/mol. The molecule has 0 fully saturated rings. The third kappa shape index (κ3) is 3.94. The molecule has 0 aliphatic heterocycles. The Kier molecular flexibility index (Phi) is 5.25. The van der Waals surface area contributed by atoms with Gasteiger partial charge in [0.05, 0.1) is 5.69 Å². The molecule has 0 saturated heterocycles. The summed E-state index contributed by atoms with van der Waals surface area (Å²) in [4.78, 5) is 4.36. The van der Waals surface area contributed by atoms with E-state index in [1.165, 1.54) is 6.92 Å². The summed E-state index contributed by atoms with van der Waals surface area (Å²) in [5, 5.41) is 3.71. The molecule has 1 aromatic carbocycles. The van der Waals surface area contributed by atoms with Crippen molar-refractivity contribution in [2.45, 2.75) is 39.0 Å². The fourth-order valence-corrected chi connectivity index (χ4v) is 2.88. The van der Waals surface area contributed by atoms with Crippen LogP contribution in [0.1, 0.15) is 23.8 Å². The zero-order chi connectivity index (χ0) is 18.0. The predicted molar refractivity (Wildman–Crippen MR) is 99.8 cm³/mol. The normalized spacial score (nSPS) is 13.8. The van der Waals surface area contributed by atoms with Gasteiger partial charge in [-0.25, -0.2) is 9.37 Å². The highest BCUT2D eigenvalue weighted by Crippen LogP contribution is 2.32. The van der Waals surface area contributed by atoms with Crippen molar-refractivity contribution in [3.63, 3.8) is 0 Å². The van der Waals surface area contributed by atoms with Crippen LogP contribution in [0.5, 0.6) is 0 Å². The Morgan fingerprint density at radius 1 is 1.32 bits per heavy atom. The number of halogens is 2. The maximum absolute atomic E-state index is 13.4. The first-order valence-electron chi connectivity index (χ1n) is 8.21. The summed E-state index contributed by atoms with van der Waals surface area (Å²) < 4.78 is 19.4. The molecule has 132 valence electrons. The van der Waals surface area contributed by atoms with E-state index in [9.17, 15) is 4.39 Å². The van der Waals surface area contributed by atoms with Gasteiger partial charge in [-0.05, 0) is 19.4 Å². The molecule has 3 aromatic rings. The average Bonchev–Trinajstić information content (AvgIpc) is 2.90. The Balaban J connectivity index is 1.92. The molecule has 0 bridgehead atoms. The molecule has 6 heteroatoms. The van der Waals surface area contributed by atoms with Crippen LogP contribution in [0.2, 0.25) is 5.15 Å². The molecule has 0 amide bonds. The van der Waals surface area contributed by atoms with Gasteiger partial charge >= 0.3 is 0 Å². The van der Waals surface area contributed by atoms with E-state index in [0.717, 1.165) is 16.8 Å². The minimum absolute atomic E-state index is 0.315. The Morgan fingerprint density at radius 3 is 2.72 bits per heavy atom. The fraction of sp³-hybridized carbons (Fsp3) is 0.316. The molecule has 2 aromatic heterocycles. The van der Waals surface area contributed by atoms with Crippen molar-refractivity contribution in [1.82, 2.24) is 4.98 Å². The zero-order valence-corrected chi connectivity index (χ0v) is 15.0. The Hall–Kier alpha value is -2.11. The highest BCUT2D eigenvalue weighted by atomic mass is 35.5. The fourth-order valence-electron chi connectivity index (χ4n) is 2.69. The molecule has 3 rings (SSSR count). The minimum Gasteiger partial charge on any atom is -0.457 e. The lowest BCUT2D eigenvalue weighted by Crippen LogP contribution is -2.31. The van der Waals surface area contributed by atoms with Crippen molar-refractivity contribution in [1.29, 1.82) is 0 Å². The van der Waals surface area contributed by atoms with Crippen LogP contribution in [0, 0.1) is 6.92 Å². The van der Waals surface area contributed by atoms with Crippen LogP contribution in [0.4, 0.5) is 10.1 Å². The first-order valence-corrected chi connectivity index (χ1v) is 8.59. The molecular weight excluding hydrogens is 341 g/mol. The summed E-state index contributed by atoms with van der Waals surface area (Å²) in [7, 11) is 0. The third-order valence-electron chi connectivity index (χ3n) is 4.28. The molecule has 0 aliphatic rings. The lowest BCUT2D eigenvalue weighted by molar-refractivity contribution is 0.295. The number of furan rings is 1. The Bertz CT molecular complexity index is 864. The van der Waals surface area contributed by atoms with Crippen LogP contribution in [-0.2, 0) is 13.0 Å². The number of anilines is 1. The second-order valence-corrected chi connectivity index (χ2v) is 6.59. The summed E-state index contributed by atoms with van der Waals surface area (Å²) >= 11 is 6.17. The number of aryl methyl sites for hydroxylation is 1. The number of hydrogen-bond acceptors (Lipinski definition) is 4. The molecule has 0 aliphatic carbocycles. The first kappa shape index (κ1) is 17.7. The number of hydrogen-bond donors (Lipinski definition) is 2. The third-order valence-corrected chi connectivity index (χ3v) is 4.47. The molecular formula is C19H21ClFN3O. The minimum atomic E-state index is -1.11. The van der Waals surface area contributed by atoms with Crippen molar-refractivity contribution in [3.8, 4) is 0 Å². The van der Waals surface area contributed by atoms with Crippen molar-refractivity contribution in [2.75, 3.05) is 5.32 Å². The quantitative estimate of drug-likeness (QED) is 0.628. The number of nitrogens with zero attached hydrogens (tertiary/aromatic N) is 1. The van der Waals surface area contributed by atoms with E-state index in [1.807, 2.05) is 37.3 Å². The van der Waals surface area contributed by atoms with Crippen LogP contribution >= 0.6 is 11.6 Å². The standard InChI is InChI=1S/C19H21ClFN3O/c1-11-16(8-14(22)12(2)21)25-19-15(9-17(20)24-18(11)19)23-10-13-6-4-3-5-7-13/h3-7,9,12,14H,8,10,22H2,1-2H3,(H,23,24)/t12-,14+/m0/s1. The van der Waals surface area contributed by atoms with Crippen LogP contribution in [0.25, 0.3) is 11.1 Å². The van der Waals surface area contributed by atoms with Crippen molar-refractivity contribution in [3.05, 3.63) is 58.4 Å². The number of nitrogens with two attached hydrogens (primary N) is 1. The maximum atomic E-state index is 13.4. The van der Waals surface area contributed by atoms with Gasteiger partial charge < -0.3 is 15.5 Å². The molecule has 3 N–H and O–H groups in total. The van der Waals surface area contributed by atoms with Gasteiger partial charge in [0, 0.05) is 30.6 Å². The van der Waals surface area contributed by atoms with Gasteiger partial charge in [-0.1, -0.05) is 41.9 Å². The molecule has 0 radical (unpaired) electrons. The number of rotatable bonds is 6. The number of fused-ring (bicyclic) bond motifs is 1. The van der Waals surface area contributed by atoms with Crippen molar-refractivity contribution < 1.29 is 8.81 Å². The SMILES string of the molecule is Cc1c(C[C@@H](N)[C@H](C)F)oc2c(NCc3ccccc3)cc(Cl)nc12. The lowest BCUT2D eigenvalue weighted by Gasteiger charge is -2.11. The van der Waals surface area contributed by atoms with E-state index in [0.29, 0.717) is 35.0 Å². The topological polar surface area (TPSA) is 64.1 Å². The van der Waals surface area contributed by atoms with Gasteiger partial charge in [0.2, 0.25) is 0 Å². The number of nitrogens with one attached hydrogen (secondary N) is 1. The van der Waals surface area contributed by atoms with E-state index < -0.39 is 12.2 Å². The van der Waals surface area contributed by atoms with Gasteiger partial charge in [0.25, 0.3) is 0 Å². The van der Waals surface area contributed by atoms with Crippen LogP contribution in [0.3, 0.4) is 0 Å². The highest BCUT2D eigenvalue weighted by Gasteiger charge is 2.20. The smallest absolute Gasteiger partial charge is 0.176 e. The molecule has 0 unspecified atom stereocenters. The molecule has 2 heterocycles. The van der Waals surface area contributed by atoms with Crippen LogP contribution in [0.15, 0.2) is 40.8 Å². The number of pyridine rings is 1. The maximum Gasteiger partial charge on any atom is 0.176 e. The van der Waals surface area contributed by atoms with Crippen LogP contribution in [-0.4, -0.2) is 17.2 Å². The van der Waals surface area contributed by atoms with Crippen LogP contribution < -0.4 is 11.1 Å². The first-order chi connectivity index (χ1) is 12.0. The molecule has 25 heavy (non-hydrogen) atoms. The van der Waals surface area contributed by atoms with E-state index in [-0.39, 0.29) is 0 Å². The summed E-state index contributed by atoms with van der Waals surface area (Å²) in [5.41, 5.74) is 9.88. The molecule has 0 saturated carbocycles. The van der Waals surface area contributed by atoms with E-state index in [1.54, 1.807) is 6.07 Å². The van der Waals surface area contributed by atoms with Gasteiger partial charge in [0.15, 0.2) is 5.58 Å². The van der Waals surface area contributed by atoms with E-state index in [4.69, 9.17) is 21.8 Å². The van der Waals surface area contributed by atoms with Gasteiger partial charge in [0.1, 0.15) is 22.6 Å². The second-order valence-electron chi connectivity index (χ2n) is 6.21. The lowest BCUT2D eigenvalue weighted by atomic mass is 10.1. The highest BCUT2D eigenvalue weighted by molar-refractivity contribution is 6.30. The van der Waals surface area contributed by atoms with E-state index in [2.05, 4.69) is 10.3 Å². The zero-order valence-electron chi connectivity index (χ0n) is 14.2. The van der Waals surface area contributed by atoms with Gasteiger partial charge in [-0.2, -0.15) is 0 Å². The number of aromatic nitrogens is 1. The van der Waals surface area contributed by atoms with Crippen molar-refractivity contribution >= 4 is 28.4 Å². The monoisotopic (exact) mass is 361 g/mol. The predicted octanol–water partition coefficient (Wildman–Crippen LogP) is 4.63. The second kappa shape index (κ2) is 7.42. The van der Waals surface area contributed by atoms with Gasteiger partial charge in [-0.3, -0.25) is 0 Å². The summed E-state index contributed by atoms with van der Waals surface area (Å²) in [6.45, 7) is 3.97. The summed E-state index contributed by atoms with van der Waals surface area (Å²) in [5.74, 6) is 0.643. The number of benzene rings is 1. The molecule has 2 atom stereocenters. The summed E-state index contributed by atoms with van der Waals surface area (Å²) in [6.07, 6.45) is -0.796. The Morgan fingerprint density at radius 2 is 2.04 bits per heavy atom. The molecule has 4 nitrogen and oxygen atoms in total. The summed E-state index contributed by atoms with van der Waals surface area (Å²) in [6, 6.07) is 11.1. The molecule has 0 spiro atoms. The van der Waals surface area contributed by atoms with Gasteiger partial charge in [-0.15, -0.1) is 0 Å². The number of alkyl halides is 1. The Labute approximate surface area is 151 Å². The van der Waals surface area contributed by atoms with E-state index >= 15 is 0 Å². The van der Waals surface area contributed by atoms with Crippen molar-refractivity contribution in [2.24, 2.45) is 5.73 Å².